The Morgan fingerprint density at radius 3 is 2.30 bits per heavy atom. The maximum absolute atomic E-state index is 11.9. The number of halogens is 1. The molecule has 0 bridgehead atoms. The highest BCUT2D eigenvalue weighted by Crippen LogP contribution is 2.61. The Morgan fingerprint density at radius 2 is 1.75 bits per heavy atom. The van der Waals surface area contributed by atoms with Gasteiger partial charge in [-0.15, -0.1) is 0 Å². The zero-order valence-corrected chi connectivity index (χ0v) is 13.3. The van der Waals surface area contributed by atoms with Crippen molar-refractivity contribution in [3.8, 4) is 0 Å². The average molecular weight is 337 g/mol. The predicted molar refractivity (Wildman–Crippen MR) is 82.8 cm³/mol. The molecule has 0 amide bonds. The van der Waals surface area contributed by atoms with E-state index < -0.39 is 11.4 Å². The minimum absolute atomic E-state index is 0.303. The summed E-state index contributed by atoms with van der Waals surface area (Å²) in [5.41, 5.74) is 0.625. The van der Waals surface area contributed by atoms with Crippen LogP contribution in [0.3, 0.4) is 0 Å². The minimum atomic E-state index is -0.648. The molecule has 0 heterocycles. The van der Waals surface area contributed by atoms with Crippen LogP contribution in [-0.4, -0.2) is 11.1 Å². The molecule has 2 saturated carbocycles. The van der Waals surface area contributed by atoms with Gasteiger partial charge >= 0.3 is 5.97 Å². The van der Waals surface area contributed by atoms with Gasteiger partial charge in [-0.2, -0.15) is 0 Å². The first-order valence-electron chi connectivity index (χ1n) is 7.56. The Labute approximate surface area is 128 Å². The first kappa shape index (κ1) is 14.1. The van der Waals surface area contributed by atoms with Crippen LogP contribution in [0.1, 0.15) is 56.9 Å². The molecule has 2 nitrogen and oxygen atoms in total. The van der Waals surface area contributed by atoms with E-state index in [1.165, 1.54) is 38.5 Å². The van der Waals surface area contributed by atoms with Gasteiger partial charge in [0.15, 0.2) is 0 Å². The van der Waals surface area contributed by atoms with E-state index in [-0.39, 0.29) is 0 Å². The summed E-state index contributed by atoms with van der Waals surface area (Å²) in [6.45, 7) is 0. The fraction of sp³-hybridized carbons (Fsp3) is 0.588. The van der Waals surface area contributed by atoms with Crippen LogP contribution < -0.4 is 0 Å². The highest BCUT2D eigenvalue weighted by molar-refractivity contribution is 9.10. The molecule has 3 rings (SSSR count). The number of rotatable bonds is 2. The summed E-state index contributed by atoms with van der Waals surface area (Å²) in [5.74, 6) is -0.648. The predicted octanol–water partition coefficient (Wildman–Crippen LogP) is 4.91. The van der Waals surface area contributed by atoms with Gasteiger partial charge in [0.1, 0.15) is 0 Å². The highest BCUT2D eigenvalue weighted by atomic mass is 79.9. The van der Waals surface area contributed by atoms with Crippen LogP contribution >= 0.6 is 15.9 Å². The van der Waals surface area contributed by atoms with E-state index in [2.05, 4.69) is 15.9 Å². The summed E-state index contributed by atoms with van der Waals surface area (Å²) < 4.78 is 0.970. The van der Waals surface area contributed by atoms with E-state index in [1.54, 1.807) is 0 Å². The molecule has 1 aromatic carbocycles. The summed E-state index contributed by atoms with van der Waals surface area (Å²) in [5, 5.41) is 9.80. The van der Waals surface area contributed by atoms with Gasteiger partial charge in [-0.25, -0.2) is 0 Å². The summed E-state index contributed by atoms with van der Waals surface area (Å²) in [6.07, 6.45) is 9.27. The van der Waals surface area contributed by atoms with E-state index in [0.29, 0.717) is 5.41 Å². The standard InChI is InChI=1S/C17H21BrO2/c18-14-7-5-6-13(10-14)17(15(19)20)11-16(12-17)8-3-1-2-4-9-16/h5-7,10H,1-4,8-9,11-12H2,(H,19,20). The molecule has 1 aromatic rings. The van der Waals surface area contributed by atoms with Crippen LogP contribution in [0.4, 0.5) is 0 Å². The third-order valence-corrected chi connectivity index (χ3v) is 5.80. The van der Waals surface area contributed by atoms with Crippen molar-refractivity contribution in [1.82, 2.24) is 0 Å². The monoisotopic (exact) mass is 336 g/mol. The zero-order chi connectivity index (χ0) is 14.2. The number of benzene rings is 1. The molecule has 0 saturated heterocycles. The quantitative estimate of drug-likeness (QED) is 0.833. The van der Waals surface area contributed by atoms with Gasteiger partial charge in [-0.05, 0) is 48.8 Å². The molecular formula is C17H21BrO2. The van der Waals surface area contributed by atoms with E-state index in [0.717, 1.165) is 22.9 Å². The second-order valence-corrected chi connectivity index (χ2v) is 7.58. The first-order valence-corrected chi connectivity index (χ1v) is 8.35. The number of carboxylic acids is 1. The molecule has 2 fully saturated rings. The normalized spacial score (nSPS) is 23.9. The summed E-state index contributed by atoms with van der Waals surface area (Å²) >= 11 is 3.46. The summed E-state index contributed by atoms with van der Waals surface area (Å²) in [6, 6.07) is 7.86. The van der Waals surface area contributed by atoms with E-state index in [4.69, 9.17) is 0 Å². The van der Waals surface area contributed by atoms with Crippen molar-refractivity contribution in [1.29, 1.82) is 0 Å². The van der Waals surface area contributed by atoms with Crippen molar-refractivity contribution in [2.24, 2.45) is 5.41 Å². The third-order valence-electron chi connectivity index (χ3n) is 5.30. The molecule has 0 aliphatic heterocycles. The minimum Gasteiger partial charge on any atom is -0.481 e. The maximum atomic E-state index is 11.9. The highest BCUT2D eigenvalue weighted by Gasteiger charge is 2.59. The van der Waals surface area contributed by atoms with Crippen molar-refractivity contribution < 1.29 is 9.90 Å². The van der Waals surface area contributed by atoms with Crippen molar-refractivity contribution >= 4 is 21.9 Å². The van der Waals surface area contributed by atoms with Crippen molar-refractivity contribution in [2.45, 2.75) is 56.8 Å². The number of hydrogen-bond acceptors (Lipinski definition) is 1. The first-order chi connectivity index (χ1) is 9.56. The van der Waals surface area contributed by atoms with Crippen molar-refractivity contribution in [3.63, 3.8) is 0 Å². The maximum Gasteiger partial charge on any atom is 0.314 e. The average Bonchev–Trinajstić information content (AvgIpc) is 2.61. The molecule has 0 atom stereocenters. The molecule has 2 aliphatic rings. The molecule has 1 spiro atoms. The largest absolute Gasteiger partial charge is 0.481 e. The van der Waals surface area contributed by atoms with Crippen LogP contribution in [0.5, 0.6) is 0 Å². The molecule has 1 N–H and O–H groups in total. The molecule has 0 radical (unpaired) electrons. The van der Waals surface area contributed by atoms with Crippen LogP contribution in [-0.2, 0) is 10.2 Å². The van der Waals surface area contributed by atoms with E-state index in [1.807, 2.05) is 24.3 Å². The lowest BCUT2D eigenvalue weighted by atomic mass is 9.48. The van der Waals surface area contributed by atoms with Crippen LogP contribution in [0.25, 0.3) is 0 Å². The molecule has 108 valence electrons. The zero-order valence-electron chi connectivity index (χ0n) is 11.7. The molecule has 0 aromatic heterocycles. The van der Waals surface area contributed by atoms with Gasteiger partial charge < -0.3 is 5.11 Å². The number of hydrogen-bond donors (Lipinski definition) is 1. The number of carboxylic acid groups (broad SMARTS) is 1. The fourth-order valence-corrected chi connectivity index (χ4v) is 4.72. The number of aliphatic carboxylic acids is 1. The van der Waals surface area contributed by atoms with Crippen LogP contribution in [0, 0.1) is 5.41 Å². The lowest BCUT2D eigenvalue weighted by molar-refractivity contribution is -0.155. The Morgan fingerprint density at radius 1 is 1.10 bits per heavy atom. The van der Waals surface area contributed by atoms with Crippen LogP contribution in [0.15, 0.2) is 28.7 Å². The topological polar surface area (TPSA) is 37.3 Å². The molecule has 0 unspecified atom stereocenters. The fourth-order valence-electron chi connectivity index (χ4n) is 4.33. The van der Waals surface area contributed by atoms with Gasteiger partial charge in [-0.1, -0.05) is 53.7 Å². The smallest absolute Gasteiger partial charge is 0.314 e. The van der Waals surface area contributed by atoms with Gasteiger partial charge in [0, 0.05) is 4.47 Å². The Hall–Kier alpha value is -0.830. The Balaban J connectivity index is 1.88. The Bertz CT molecular complexity index is 507. The third kappa shape index (κ3) is 2.30. The Kier molecular flexibility index (Phi) is 3.65. The number of carbonyl (C=O) groups is 1. The van der Waals surface area contributed by atoms with Crippen LogP contribution in [0.2, 0.25) is 0 Å². The van der Waals surface area contributed by atoms with Gasteiger partial charge in [0.05, 0.1) is 5.41 Å². The van der Waals surface area contributed by atoms with Crippen molar-refractivity contribution in [3.05, 3.63) is 34.3 Å². The second-order valence-electron chi connectivity index (χ2n) is 6.67. The molecule has 20 heavy (non-hydrogen) atoms. The van der Waals surface area contributed by atoms with Gasteiger partial charge in [0.25, 0.3) is 0 Å². The molecular weight excluding hydrogens is 316 g/mol. The van der Waals surface area contributed by atoms with Gasteiger partial charge in [-0.3, -0.25) is 4.79 Å². The second kappa shape index (κ2) is 5.18. The molecule has 2 aliphatic carbocycles. The van der Waals surface area contributed by atoms with E-state index >= 15 is 0 Å². The lowest BCUT2D eigenvalue weighted by Gasteiger charge is -2.54. The van der Waals surface area contributed by atoms with Gasteiger partial charge in [0.2, 0.25) is 0 Å². The molecule has 3 heteroatoms. The van der Waals surface area contributed by atoms with Crippen molar-refractivity contribution in [2.75, 3.05) is 0 Å². The van der Waals surface area contributed by atoms with E-state index in [9.17, 15) is 9.90 Å². The lowest BCUT2D eigenvalue weighted by Crippen LogP contribution is -2.54. The summed E-state index contributed by atoms with van der Waals surface area (Å²) in [4.78, 5) is 11.9. The summed E-state index contributed by atoms with van der Waals surface area (Å²) in [7, 11) is 0. The SMILES string of the molecule is O=C(O)C1(c2cccc(Br)c2)CC2(CCCCCC2)C1.